The minimum absolute atomic E-state index is 0.0749. The highest BCUT2D eigenvalue weighted by Gasteiger charge is 2.30. The lowest BCUT2D eigenvalue weighted by atomic mass is 9.92. The number of allylic oxidation sites excluding steroid dienone is 2. The Balaban J connectivity index is 1.66. The van der Waals surface area contributed by atoms with Crippen LogP contribution in [-0.4, -0.2) is 47.1 Å². The molecule has 3 heterocycles. The minimum atomic E-state index is -3.58. The van der Waals surface area contributed by atoms with Crippen molar-refractivity contribution in [3.05, 3.63) is 71.6 Å². The molecule has 0 fully saturated rings. The van der Waals surface area contributed by atoms with Crippen molar-refractivity contribution >= 4 is 27.6 Å². The van der Waals surface area contributed by atoms with Gasteiger partial charge in [0, 0.05) is 24.2 Å². The number of hydrogen-bond donors (Lipinski definition) is 1. The molecule has 4 rings (SSSR count). The highest BCUT2D eigenvalue weighted by atomic mass is 32.2. The van der Waals surface area contributed by atoms with Crippen LogP contribution in [0.25, 0.3) is 0 Å². The van der Waals surface area contributed by atoms with Crippen molar-refractivity contribution in [2.45, 2.75) is 32.7 Å². The van der Waals surface area contributed by atoms with E-state index in [-0.39, 0.29) is 29.1 Å². The summed E-state index contributed by atoms with van der Waals surface area (Å²) in [5, 5.41) is 7.62. The van der Waals surface area contributed by atoms with Crippen molar-refractivity contribution in [2.75, 3.05) is 17.6 Å². The summed E-state index contributed by atoms with van der Waals surface area (Å²) in [5.74, 6) is 0.186. The summed E-state index contributed by atoms with van der Waals surface area (Å²) in [5.41, 5.74) is 1.90. The quantitative estimate of drug-likeness (QED) is 0.790. The van der Waals surface area contributed by atoms with E-state index in [0.29, 0.717) is 12.4 Å². The second kappa shape index (κ2) is 7.81. The fraction of sp³-hybridized carbons (Fsp3) is 0.318. The molecule has 0 spiro atoms. The largest absolute Gasteiger partial charge is 0.331 e. The lowest BCUT2D eigenvalue weighted by Crippen LogP contribution is -2.41. The topological polar surface area (TPSA) is 96.7 Å². The average Bonchev–Trinajstić information content (AvgIpc) is 3.10. The number of aromatic nitrogens is 2. The molecule has 1 aromatic heterocycles. The molecule has 0 radical (unpaired) electrons. The normalized spacial score (nSPS) is 17.6. The van der Waals surface area contributed by atoms with E-state index in [9.17, 15) is 13.2 Å². The van der Waals surface area contributed by atoms with E-state index in [1.54, 1.807) is 27.9 Å². The van der Waals surface area contributed by atoms with Crippen molar-refractivity contribution in [3.63, 3.8) is 0 Å². The van der Waals surface area contributed by atoms with Crippen molar-refractivity contribution < 1.29 is 13.2 Å². The number of hydrogen-bond acceptors (Lipinski definition) is 5. The van der Waals surface area contributed by atoms with Gasteiger partial charge in [0.25, 0.3) is 15.9 Å². The number of carbonyl (C=O) groups is 1. The Morgan fingerprint density at radius 2 is 1.94 bits per heavy atom. The summed E-state index contributed by atoms with van der Waals surface area (Å²) >= 11 is 0. The molecule has 0 aliphatic carbocycles. The van der Waals surface area contributed by atoms with Crippen LogP contribution in [0.2, 0.25) is 0 Å². The average molecular weight is 440 g/mol. The maximum Gasteiger partial charge on any atom is 0.260 e. The molecule has 1 amide bonds. The van der Waals surface area contributed by atoms with Crippen LogP contribution in [0.5, 0.6) is 0 Å². The monoisotopic (exact) mass is 439 g/mol. The second-order valence-corrected chi connectivity index (χ2v) is 10.3. The SMILES string of the molecule is CC(C)(C)c1cc(NC(=O)C2=CC=CN3CCS(=O)(=O)N=C23)n(Cc2ccccc2)n1. The van der Waals surface area contributed by atoms with Crippen molar-refractivity contribution in [1.29, 1.82) is 0 Å². The molecule has 2 aliphatic rings. The number of amidine groups is 1. The van der Waals surface area contributed by atoms with Crippen LogP contribution in [0.4, 0.5) is 5.82 Å². The fourth-order valence-electron chi connectivity index (χ4n) is 3.34. The van der Waals surface area contributed by atoms with Crippen LogP contribution in [0.1, 0.15) is 32.0 Å². The number of anilines is 1. The van der Waals surface area contributed by atoms with Crippen LogP contribution >= 0.6 is 0 Å². The van der Waals surface area contributed by atoms with Crippen molar-refractivity contribution in [1.82, 2.24) is 14.7 Å². The zero-order chi connectivity index (χ0) is 22.2. The second-order valence-electron chi connectivity index (χ2n) is 8.58. The molecule has 1 aromatic carbocycles. The molecule has 0 unspecified atom stereocenters. The van der Waals surface area contributed by atoms with Crippen LogP contribution in [0.15, 0.2) is 64.7 Å². The summed E-state index contributed by atoms with van der Waals surface area (Å²) in [6.45, 7) is 6.93. The minimum Gasteiger partial charge on any atom is -0.331 e. The van der Waals surface area contributed by atoms with Crippen LogP contribution in [-0.2, 0) is 26.8 Å². The van der Waals surface area contributed by atoms with E-state index in [4.69, 9.17) is 5.10 Å². The summed E-state index contributed by atoms with van der Waals surface area (Å²) in [7, 11) is -3.58. The van der Waals surface area contributed by atoms with E-state index in [2.05, 4.69) is 30.5 Å². The Bertz CT molecular complexity index is 1200. The summed E-state index contributed by atoms with van der Waals surface area (Å²) in [6.07, 6.45) is 5.02. The number of benzene rings is 1. The number of rotatable bonds is 4. The highest BCUT2D eigenvalue weighted by Crippen LogP contribution is 2.26. The van der Waals surface area contributed by atoms with Gasteiger partial charge in [0.05, 0.1) is 23.6 Å². The molecule has 2 aliphatic heterocycles. The molecule has 162 valence electrons. The smallest absolute Gasteiger partial charge is 0.260 e. The molecular formula is C22H25N5O3S. The van der Waals surface area contributed by atoms with Gasteiger partial charge in [0.2, 0.25) is 0 Å². The highest BCUT2D eigenvalue weighted by molar-refractivity contribution is 7.90. The van der Waals surface area contributed by atoms with Gasteiger partial charge in [-0.3, -0.25) is 4.79 Å². The Morgan fingerprint density at radius 3 is 2.65 bits per heavy atom. The lowest BCUT2D eigenvalue weighted by Gasteiger charge is -2.28. The standard InChI is InChI=1S/C22H25N5O3S/c1-22(2,3)18-14-19(27(24-18)15-16-8-5-4-6-9-16)23-21(28)17-10-7-11-26-12-13-31(29,30)25-20(17)26/h4-11,14H,12-13,15H2,1-3H3,(H,23,28). The van der Waals surface area contributed by atoms with Gasteiger partial charge in [0.1, 0.15) is 5.82 Å². The van der Waals surface area contributed by atoms with Gasteiger partial charge in [-0.25, -0.2) is 13.1 Å². The van der Waals surface area contributed by atoms with E-state index in [0.717, 1.165) is 11.3 Å². The predicted octanol–water partition coefficient (Wildman–Crippen LogP) is 2.67. The number of fused-ring (bicyclic) bond motifs is 1. The van der Waals surface area contributed by atoms with Crippen LogP contribution in [0, 0.1) is 0 Å². The zero-order valence-electron chi connectivity index (χ0n) is 17.7. The summed E-state index contributed by atoms with van der Waals surface area (Å²) < 4.78 is 29.6. The van der Waals surface area contributed by atoms with Crippen molar-refractivity contribution in [2.24, 2.45) is 4.40 Å². The molecule has 9 heteroatoms. The first-order chi connectivity index (χ1) is 14.6. The number of nitrogens with zero attached hydrogens (tertiary/aromatic N) is 4. The van der Waals surface area contributed by atoms with Crippen LogP contribution in [0.3, 0.4) is 0 Å². The van der Waals surface area contributed by atoms with Gasteiger partial charge in [-0.15, -0.1) is 4.40 Å². The molecule has 31 heavy (non-hydrogen) atoms. The molecule has 8 nitrogen and oxygen atoms in total. The Labute approximate surface area is 182 Å². The van der Waals surface area contributed by atoms with Gasteiger partial charge < -0.3 is 10.2 Å². The molecular weight excluding hydrogens is 414 g/mol. The summed E-state index contributed by atoms with van der Waals surface area (Å²) in [4.78, 5) is 14.8. The Morgan fingerprint density at radius 1 is 1.19 bits per heavy atom. The number of nitrogens with one attached hydrogen (secondary N) is 1. The van der Waals surface area contributed by atoms with Crippen LogP contribution < -0.4 is 5.32 Å². The van der Waals surface area contributed by atoms with E-state index in [1.165, 1.54) is 0 Å². The Hall–Kier alpha value is -3.20. The zero-order valence-corrected chi connectivity index (χ0v) is 18.6. The van der Waals surface area contributed by atoms with E-state index < -0.39 is 15.9 Å². The van der Waals surface area contributed by atoms with Gasteiger partial charge in [-0.05, 0) is 17.7 Å². The molecule has 0 atom stereocenters. The predicted molar refractivity (Wildman–Crippen MR) is 120 cm³/mol. The number of amides is 1. The third-order valence-electron chi connectivity index (χ3n) is 5.07. The van der Waals surface area contributed by atoms with Crippen molar-refractivity contribution in [3.8, 4) is 0 Å². The first kappa shape index (κ1) is 21.0. The van der Waals surface area contributed by atoms with E-state index >= 15 is 0 Å². The Kier molecular flexibility index (Phi) is 5.30. The van der Waals surface area contributed by atoms with E-state index in [1.807, 2.05) is 36.4 Å². The van der Waals surface area contributed by atoms with Gasteiger partial charge in [-0.2, -0.15) is 5.10 Å². The third-order valence-corrected chi connectivity index (χ3v) is 6.22. The molecule has 1 N–H and O–H groups in total. The number of carbonyl (C=O) groups excluding carboxylic acids is 1. The first-order valence-electron chi connectivity index (χ1n) is 10.0. The fourth-order valence-corrected chi connectivity index (χ4v) is 4.32. The van der Waals surface area contributed by atoms with Gasteiger partial charge >= 0.3 is 0 Å². The summed E-state index contributed by atoms with van der Waals surface area (Å²) in [6, 6.07) is 11.7. The molecule has 0 bridgehead atoms. The first-order valence-corrected chi connectivity index (χ1v) is 11.6. The van der Waals surface area contributed by atoms with Gasteiger partial charge in [-0.1, -0.05) is 51.1 Å². The molecule has 0 saturated heterocycles. The molecule has 2 aromatic rings. The maximum atomic E-state index is 13.1. The lowest BCUT2D eigenvalue weighted by molar-refractivity contribution is -0.112. The molecule has 0 saturated carbocycles. The third kappa shape index (κ3) is 4.61. The maximum absolute atomic E-state index is 13.1. The van der Waals surface area contributed by atoms with Gasteiger partial charge in [0.15, 0.2) is 5.84 Å². The number of sulfonamides is 1.